The van der Waals surface area contributed by atoms with Gasteiger partial charge in [-0.1, -0.05) is 24.3 Å². The number of anilines is 1. The third kappa shape index (κ3) is 2.68. The molecule has 0 aliphatic heterocycles. The topological polar surface area (TPSA) is 46.2 Å². The number of benzene rings is 2. The summed E-state index contributed by atoms with van der Waals surface area (Å²) in [6, 6.07) is 12.2. The van der Waals surface area contributed by atoms with Crippen molar-refractivity contribution in [3.63, 3.8) is 0 Å². The number of hydrogen-bond acceptors (Lipinski definition) is 2. The van der Waals surface area contributed by atoms with Crippen LogP contribution in [-0.2, 0) is 10.0 Å². The summed E-state index contributed by atoms with van der Waals surface area (Å²) in [6.07, 6.45) is 0. The Bertz CT molecular complexity index is 654. The molecule has 0 aliphatic rings. The van der Waals surface area contributed by atoms with Crippen LogP contribution in [0.5, 0.6) is 0 Å². The summed E-state index contributed by atoms with van der Waals surface area (Å²) in [6.45, 7) is 1.62. The van der Waals surface area contributed by atoms with Crippen LogP contribution < -0.4 is 4.72 Å². The van der Waals surface area contributed by atoms with Gasteiger partial charge < -0.3 is 0 Å². The van der Waals surface area contributed by atoms with Crippen LogP contribution >= 0.6 is 0 Å². The molecule has 0 bridgehead atoms. The van der Waals surface area contributed by atoms with Gasteiger partial charge in [0.2, 0.25) is 0 Å². The summed E-state index contributed by atoms with van der Waals surface area (Å²) in [7, 11) is -3.76. The molecule has 0 saturated heterocycles. The summed E-state index contributed by atoms with van der Waals surface area (Å²) in [4.78, 5) is -0.0497. The van der Waals surface area contributed by atoms with Gasteiger partial charge in [0.15, 0.2) is 0 Å². The van der Waals surface area contributed by atoms with Gasteiger partial charge in [-0.05, 0) is 36.8 Å². The van der Waals surface area contributed by atoms with E-state index in [1.165, 1.54) is 12.1 Å². The van der Waals surface area contributed by atoms with Gasteiger partial charge >= 0.3 is 0 Å². The van der Waals surface area contributed by atoms with Gasteiger partial charge in [0.05, 0.1) is 4.90 Å². The Balaban J connectivity index is 2.40. The van der Waals surface area contributed by atoms with Crippen LogP contribution in [0.1, 0.15) is 5.56 Å². The van der Waals surface area contributed by atoms with Crippen LogP contribution in [0, 0.1) is 12.7 Å². The Morgan fingerprint density at radius 3 is 2.39 bits per heavy atom. The molecule has 0 saturated carbocycles. The molecule has 0 amide bonds. The van der Waals surface area contributed by atoms with Crippen molar-refractivity contribution in [2.75, 3.05) is 4.72 Å². The Morgan fingerprint density at radius 2 is 1.72 bits per heavy atom. The normalized spacial score (nSPS) is 11.2. The molecule has 0 atom stereocenters. The number of para-hydroxylation sites is 1. The van der Waals surface area contributed by atoms with Crippen LogP contribution in [0.4, 0.5) is 10.1 Å². The Labute approximate surface area is 105 Å². The predicted molar refractivity (Wildman–Crippen MR) is 68.4 cm³/mol. The molecule has 0 fully saturated rings. The van der Waals surface area contributed by atoms with E-state index in [0.29, 0.717) is 11.3 Å². The number of rotatable bonds is 3. The second-order valence-corrected chi connectivity index (χ2v) is 5.53. The highest BCUT2D eigenvalue weighted by Gasteiger charge is 2.17. The van der Waals surface area contributed by atoms with Gasteiger partial charge in [-0.25, -0.2) is 12.8 Å². The van der Waals surface area contributed by atoms with E-state index in [2.05, 4.69) is 4.72 Å². The third-order valence-corrected chi connectivity index (χ3v) is 3.99. The average molecular weight is 265 g/mol. The predicted octanol–water partition coefficient (Wildman–Crippen LogP) is 2.93. The third-order valence-electron chi connectivity index (χ3n) is 2.47. The first kappa shape index (κ1) is 12.6. The number of nitrogens with one attached hydrogen (secondary N) is 1. The minimum absolute atomic E-state index is 0.0497. The number of hydrogen-bond donors (Lipinski definition) is 1. The molecule has 0 aliphatic carbocycles. The number of sulfonamides is 1. The van der Waals surface area contributed by atoms with Crippen molar-refractivity contribution < 1.29 is 12.8 Å². The first-order valence-corrected chi connectivity index (χ1v) is 6.81. The van der Waals surface area contributed by atoms with E-state index in [-0.39, 0.29) is 4.90 Å². The van der Waals surface area contributed by atoms with Crippen LogP contribution in [0.15, 0.2) is 53.4 Å². The standard InChI is InChI=1S/C13H12FNO2S/c1-10-7-8-11(14)9-13(10)18(16,17)15-12-5-3-2-4-6-12/h2-9,15H,1H3. The van der Waals surface area contributed by atoms with Crippen molar-refractivity contribution in [3.05, 3.63) is 59.9 Å². The fourth-order valence-corrected chi connectivity index (χ4v) is 2.90. The van der Waals surface area contributed by atoms with Crippen molar-refractivity contribution in [2.45, 2.75) is 11.8 Å². The van der Waals surface area contributed by atoms with E-state index in [0.717, 1.165) is 6.07 Å². The Morgan fingerprint density at radius 1 is 1.06 bits per heavy atom. The van der Waals surface area contributed by atoms with Crippen LogP contribution in [0.2, 0.25) is 0 Å². The lowest BCUT2D eigenvalue weighted by Crippen LogP contribution is -2.14. The molecule has 2 rings (SSSR count). The summed E-state index contributed by atoms with van der Waals surface area (Å²) in [5, 5.41) is 0. The van der Waals surface area contributed by atoms with E-state index in [1.54, 1.807) is 37.3 Å². The lowest BCUT2D eigenvalue weighted by Gasteiger charge is -2.10. The summed E-state index contributed by atoms with van der Waals surface area (Å²) in [5.74, 6) is -0.575. The van der Waals surface area contributed by atoms with Gasteiger partial charge in [-0.15, -0.1) is 0 Å². The van der Waals surface area contributed by atoms with E-state index < -0.39 is 15.8 Å². The van der Waals surface area contributed by atoms with Crippen LogP contribution in [-0.4, -0.2) is 8.42 Å². The monoisotopic (exact) mass is 265 g/mol. The molecule has 0 unspecified atom stereocenters. The molecular weight excluding hydrogens is 253 g/mol. The summed E-state index contributed by atoms with van der Waals surface area (Å²) in [5.41, 5.74) is 0.945. The second-order valence-electron chi connectivity index (χ2n) is 3.88. The summed E-state index contributed by atoms with van der Waals surface area (Å²) < 4.78 is 39.7. The highest BCUT2D eigenvalue weighted by molar-refractivity contribution is 7.92. The Hall–Kier alpha value is -1.88. The van der Waals surface area contributed by atoms with Gasteiger partial charge in [0, 0.05) is 5.69 Å². The molecule has 0 radical (unpaired) electrons. The van der Waals surface area contributed by atoms with E-state index in [4.69, 9.17) is 0 Å². The zero-order valence-corrected chi connectivity index (χ0v) is 10.5. The van der Waals surface area contributed by atoms with Crippen molar-refractivity contribution in [3.8, 4) is 0 Å². The first-order chi connectivity index (χ1) is 8.49. The quantitative estimate of drug-likeness (QED) is 0.927. The van der Waals surface area contributed by atoms with E-state index in [9.17, 15) is 12.8 Å². The molecule has 94 valence electrons. The highest BCUT2D eigenvalue weighted by Crippen LogP contribution is 2.19. The Kier molecular flexibility index (Phi) is 3.34. The van der Waals surface area contributed by atoms with Crippen molar-refractivity contribution in [1.29, 1.82) is 0 Å². The molecule has 2 aromatic carbocycles. The van der Waals surface area contributed by atoms with Gasteiger partial charge in [-0.2, -0.15) is 0 Å². The average Bonchev–Trinajstić information content (AvgIpc) is 2.33. The fourth-order valence-electron chi connectivity index (χ4n) is 1.58. The molecule has 2 aromatic rings. The number of halogens is 1. The SMILES string of the molecule is Cc1ccc(F)cc1S(=O)(=O)Nc1ccccc1. The van der Waals surface area contributed by atoms with Gasteiger partial charge in [0.25, 0.3) is 10.0 Å². The van der Waals surface area contributed by atoms with Crippen LogP contribution in [0.25, 0.3) is 0 Å². The second kappa shape index (κ2) is 4.78. The largest absolute Gasteiger partial charge is 0.280 e. The maximum absolute atomic E-state index is 13.1. The lowest BCUT2D eigenvalue weighted by atomic mass is 10.2. The molecule has 0 heterocycles. The van der Waals surface area contributed by atoms with E-state index in [1.807, 2.05) is 0 Å². The molecular formula is C13H12FNO2S. The smallest absolute Gasteiger partial charge is 0.262 e. The van der Waals surface area contributed by atoms with Crippen molar-refractivity contribution in [1.82, 2.24) is 0 Å². The summed E-state index contributed by atoms with van der Waals surface area (Å²) >= 11 is 0. The van der Waals surface area contributed by atoms with Crippen LogP contribution in [0.3, 0.4) is 0 Å². The molecule has 0 spiro atoms. The van der Waals surface area contributed by atoms with Gasteiger partial charge in [0.1, 0.15) is 5.82 Å². The maximum Gasteiger partial charge on any atom is 0.262 e. The molecule has 0 aromatic heterocycles. The lowest BCUT2D eigenvalue weighted by molar-refractivity contribution is 0.594. The van der Waals surface area contributed by atoms with Gasteiger partial charge in [-0.3, -0.25) is 4.72 Å². The molecule has 3 nitrogen and oxygen atoms in total. The molecule has 18 heavy (non-hydrogen) atoms. The van der Waals surface area contributed by atoms with E-state index >= 15 is 0 Å². The zero-order chi connectivity index (χ0) is 13.2. The maximum atomic E-state index is 13.1. The van der Waals surface area contributed by atoms with Crippen molar-refractivity contribution >= 4 is 15.7 Å². The molecule has 1 N–H and O–H groups in total. The first-order valence-electron chi connectivity index (χ1n) is 5.33. The minimum atomic E-state index is -3.76. The zero-order valence-electron chi connectivity index (χ0n) is 9.72. The highest BCUT2D eigenvalue weighted by atomic mass is 32.2. The number of aryl methyl sites for hydroxylation is 1. The minimum Gasteiger partial charge on any atom is -0.280 e. The van der Waals surface area contributed by atoms with Crippen molar-refractivity contribution in [2.24, 2.45) is 0 Å². The fraction of sp³-hybridized carbons (Fsp3) is 0.0769. The molecule has 5 heteroatoms.